The molecule has 0 N–H and O–H groups in total. The summed E-state index contributed by atoms with van der Waals surface area (Å²) in [6, 6.07) is 7.45. The number of hydrogen-bond donors (Lipinski definition) is 0. The number of ketones is 1. The molecule has 4 nitrogen and oxygen atoms in total. The van der Waals surface area contributed by atoms with Crippen molar-refractivity contribution in [2.45, 2.75) is 30.7 Å². The van der Waals surface area contributed by atoms with Crippen molar-refractivity contribution in [3.63, 3.8) is 0 Å². The third kappa shape index (κ3) is 3.22. The molecule has 0 amide bonds. The van der Waals surface area contributed by atoms with Gasteiger partial charge in [-0.3, -0.25) is 4.79 Å². The Morgan fingerprint density at radius 2 is 2.00 bits per heavy atom. The van der Waals surface area contributed by atoms with Crippen LogP contribution < -0.4 is 0 Å². The maximum atomic E-state index is 11.6. The molecule has 1 unspecified atom stereocenters. The molecule has 6 heteroatoms. The predicted molar refractivity (Wildman–Crippen MR) is 82.1 cm³/mol. The highest BCUT2D eigenvalue weighted by molar-refractivity contribution is 8.00. The van der Waals surface area contributed by atoms with E-state index in [1.54, 1.807) is 0 Å². The molecule has 2 aromatic rings. The molecule has 1 heterocycles. The molecule has 0 bridgehead atoms. The largest absolute Gasteiger partial charge is 0.305 e. The van der Waals surface area contributed by atoms with Gasteiger partial charge in [-0.25, -0.2) is 0 Å². The van der Waals surface area contributed by atoms with Gasteiger partial charge in [0.25, 0.3) is 0 Å². The van der Waals surface area contributed by atoms with Gasteiger partial charge in [0.1, 0.15) is 5.78 Å². The summed E-state index contributed by atoms with van der Waals surface area (Å²) < 4.78 is 1.90. The molecule has 0 aliphatic rings. The number of nitrogens with zero attached hydrogens (tertiary/aromatic N) is 3. The standard InChI is InChI=1S/C14H16ClN3OS/c1-4-12(19)9(2)20-14-17-16-13(18(14)3)10-5-7-11(15)8-6-10/h5-9H,4H2,1-3H3. The van der Waals surface area contributed by atoms with E-state index >= 15 is 0 Å². The number of Topliss-reactive ketones (excluding diaryl/α,β-unsaturated/α-hetero) is 1. The minimum absolute atomic E-state index is 0.110. The fourth-order valence-electron chi connectivity index (χ4n) is 1.78. The first-order chi connectivity index (χ1) is 9.52. The van der Waals surface area contributed by atoms with E-state index in [0.29, 0.717) is 11.4 Å². The van der Waals surface area contributed by atoms with E-state index in [1.807, 2.05) is 49.7 Å². The zero-order chi connectivity index (χ0) is 14.7. The Morgan fingerprint density at radius 3 is 2.60 bits per heavy atom. The van der Waals surface area contributed by atoms with Crippen molar-refractivity contribution in [2.24, 2.45) is 7.05 Å². The summed E-state index contributed by atoms with van der Waals surface area (Å²) in [6.07, 6.45) is 0.538. The fraction of sp³-hybridized carbons (Fsp3) is 0.357. The van der Waals surface area contributed by atoms with Gasteiger partial charge < -0.3 is 4.57 Å². The molecule has 0 radical (unpaired) electrons. The highest BCUT2D eigenvalue weighted by atomic mass is 35.5. The van der Waals surface area contributed by atoms with Gasteiger partial charge in [0.05, 0.1) is 5.25 Å². The third-order valence-electron chi connectivity index (χ3n) is 3.02. The van der Waals surface area contributed by atoms with Gasteiger partial charge in [0, 0.05) is 24.1 Å². The normalized spacial score (nSPS) is 12.4. The number of rotatable bonds is 5. The van der Waals surface area contributed by atoms with Crippen molar-refractivity contribution >= 4 is 29.1 Å². The van der Waals surface area contributed by atoms with Crippen LogP contribution >= 0.6 is 23.4 Å². The Bertz CT molecular complexity index is 609. The highest BCUT2D eigenvalue weighted by Gasteiger charge is 2.17. The number of carbonyl (C=O) groups is 1. The summed E-state index contributed by atoms with van der Waals surface area (Å²) in [6.45, 7) is 3.77. The molecular weight excluding hydrogens is 294 g/mol. The first kappa shape index (κ1) is 15.1. The second-order valence-electron chi connectivity index (χ2n) is 4.45. The summed E-state index contributed by atoms with van der Waals surface area (Å²) in [7, 11) is 1.90. The van der Waals surface area contributed by atoms with Crippen LogP contribution in [0.2, 0.25) is 5.02 Å². The topological polar surface area (TPSA) is 47.8 Å². The van der Waals surface area contributed by atoms with E-state index in [-0.39, 0.29) is 11.0 Å². The molecule has 1 aromatic heterocycles. The van der Waals surface area contributed by atoms with E-state index in [1.165, 1.54) is 11.8 Å². The minimum atomic E-state index is -0.110. The van der Waals surface area contributed by atoms with Crippen LogP contribution in [-0.2, 0) is 11.8 Å². The van der Waals surface area contributed by atoms with Crippen molar-refractivity contribution in [1.29, 1.82) is 0 Å². The fourth-order valence-corrected chi connectivity index (χ4v) is 2.85. The lowest BCUT2D eigenvalue weighted by atomic mass is 10.2. The van der Waals surface area contributed by atoms with Crippen molar-refractivity contribution in [3.8, 4) is 11.4 Å². The Balaban J connectivity index is 2.23. The molecule has 0 saturated heterocycles. The Labute approximate surface area is 127 Å². The van der Waals surface area contributed by atoms with E-state index in [0.717, 1.165) is 16.5 Å². The van der Waals surface area contributed by atoms with Crippen molar-refractivity contribution in [2.75, 3.05) is 0 Å². The lowest BCUT2D eigenvalue weighted by Crippen LogP contribution is -2.12. The molecule has 0 aliphatic carbocycles. The second kappa shape index (κ2) is 6.41. The van der Waals surface area contributed by atoms with Crippen LogP contribution in [0.15, 0.2) is 29.4 Å². The Hall–Kier alpha value is -1.33. The van der Waals surface area contributed by atoms with Crippen molar-refractivity contribution < 1.29 is 4.79 Å². The molecule has 106 valence electrons. The Kier molecular flexibility index (Phi) is 4.83. The zero-order valence-corrected chi connectivity index (χ0v) is 13.2. The van der Waals surface area contributed by atoms with Crippen LogP contribution in [0.3, 0.4) is 0 Å². The zero-order valence-electron chi connectivity index (χ0n) is 11.6. The molecular formula is C14H16ClN3OS. The second-order valence-corrected chi connectivity index (χ2v) is 6.20. The van der Waals surface area contributed by atoms with Crippen molar-refractivity contribution in [1.82, 2.24) is 14.8 Å². The molecule has 0 fully saturated rings. The lowest BCUT2D eigenvalue weighted by molar-refractivity contribution is -0.118. The molecule has 0 spiro atoms. The van der Waals surface area contributed by atoms with Crippen LogP contribution in [0.4, 0.5) is 0 Å². The van der Waals surface area contributed by atoms with Crippen LogP contribution in [0.25, 0.3) is 11.4 Å². The van der Waals surface area contributed by atoms with Gasteiger partial charge in [-0.2, -0.15) is 0 Å². The van der Waals surface area contributed by atoms with Crippen LogP contribution in [0, 0.1) is 0 Å². The van der Waals surface area contributed by atoms with E-state index in [4.69, 9.17) is 11.6 Å². The highest BCUT2D eigenvalue weighted by Crippen LogP contribution is 2.26. The molecule has 20 heavy (non-hydrogen) atoms. The smallest absolute Gasteiger partial charge is 0.191 e. The summed E-state index contributed by atoms with van der Waals surface area (Å²) in [5.74, 6) is 0.978. The van der Waals surface area contributed by atoms with Gasteiger partial charge in [0.15, 0.2) is 11.0 Å². The van der Waals surface area contributed by atoms with E-state index in [9.17, 15) is 4.79 Å². The summed E-state index contributed by atoms with van der Waals surface area (Å²) >= 11 is 7.31. The van der Waals surface area contributed by atoms with E-state index in [2.05, 4.69) is 10.2 Å². The van der Waals surface area contributed by atoms with Gasteiger partial charge in [-0.15, -0.1) is 10.2 Å². The van der Waals surface area contributed by atoms with E-state index < -0.39 is 0 Å². The number of aromatic nitrogens is 3. The maximum absolute atomic E-state index is 11.6. The van der Waals surface area contributed by atoms with Crippen LogP contribution in [0.5, 0.6) is 0 Å². The van der Waals surface area contributed by atoms with Gasteiger partial charge in [-0.05, 0) is 31.2 Å². The minimum Gasteiger partial charge on any atom is -0.305 e. The SMILES string of the molecule is CCC(=O)C(C)Sc1nnc(-c2ccc(Cl)cc2)n1C. The summed E-state index contributed by atoms with van der Waals surface area (Å²) in [5, 5.41) is 9.67. The summed E-state index contributed by atoms with van der Waals surface area (Å²) in [4.78, 5) is 11.6. The number of halogens is 1. The maximum Gasteiger partial charge on any atom is 0.191 e. The van der Waals surface area contributed by atoms with Crippen LogP contribution in [0.1, 0.15) is 20.3 Å². The van der Waals surface area contributed by atoms with Gasteiger partial charge >= 0.3 is 0 Å². The third-order valence-corrected chi connectivity index (χ3v) is 4.46. The number of hydrogen-bond acceptors (Lipinski definition) is 4. The quantitative estimate of drug-likeness (QED) is 0.792. The molecule has 2 rings (SSSR count). The number of benzene rings is 1. The lowest BCUT2D eigenvalue weighted by Gasteiger charge is -2.08. The Morgan fingerprint density at radius 1 is 1.35 bits per heavy atom. The average molecular weight is 310 g/mol. The van der Waals surface area contributed by atoms with Crippen molar-refractivity contribution in [3.05, 3.63) is 29.3 Å². The number of carbonyl (C=O) groups excluding carboxylic acids is 1. The van der Waals surface area contributed by atoms with Crippen LogP contribution in [-0.4, -0.2) is 25.8 Å². The molecule has 0 saturated carbocycles. The number of thioether (sulfide) groups is 1. The predicted octanol–water partition coefficient (Wildman–Crippen LogP) is 3.60. The summed E-state index contributed by atoms with van der Waals surface area (Å²) in [5.41, 5.74) is 0.950. The first-order valence-corrected chi connectivity index (χ1v) is 7.63. The van der Waals surface area contributed by atoms with Gasteiger partial charge in [0.2, 0.25) is 0 Å². The first-order valence-electron chi connectivity index (χ1n) is 6.37. The average Bonchev–Trinajstić information content (AvgIpc) is 2.80. The van der Waals surface area contributed by atoms with Gasteiger partial charge in [-0.1, -0.05) is 30.3 Å². The molecule has 0 aliphatic heterocycles. The molecule has 1 atom stereocenters. The molecule has 1 aromatic carbocycles. The monoisotopic (exact) mass is 309 g/mol.